The molecule has 1 N–H and O–H groups in total. The number of nitrogens with one attached hydrogen (secondary N) is 1. The van der Waals surface area contributed by atoms with Crippen LogP contribution in [-0.2, 0) is 12.4 Å². The predicted octanol–water partition coefficient (Wildman–Crippen LogP) is 9.96. The molecule has 0 amide bonds. The van der Waals surface area contributed by atoms with Crippen molar-refractivity contribution in [3.63, 3.8) is 0 Å². The molecule has 0 saturated carbocycles. The molecule has 7 rings (SSSR count). The Balaban J connectivity index is 1.42. The summed E-state index contributed by atoms with van der Waals surface area (Å²) in [6.45, 7) is 0. The second-order valence-corrected chi connectivity index (χ2v) is 11.0. The Morgan fingerprint density at radius 3 is 1.31 bits per heavy atom. The third-order valence-corrected chi connectivity index (χ3v) is 8.31. The highest BCUT2D eigenvalue weighted by atomic mass is 19.4. The zero-order valence-electron chi connectivity index (χ0n) is 23.6. The normalized spacial score (nSPS) is 13.0. The molecule has 0 heterocycles. The van der Waals surface area contributed by atoms with E-state index in [4.69, 9.17) is 5.41 Å². The van der Waals surface area contributed by atoms with Crippen LogP contribution in [0.3, 0.4) is 0 Å². The molecule has 0 aliphatic carbocycles. The fourth-order valence-electron chi connectivity index (χ4n) is 6.25. The van der Waals surface area contributed by atoms with Crippen LogP contribution in [0, 0.1) is 40.1 Å². The van der Waals surface area contributed by atoms with Gasteiger partial charge in [-0.1, -0.05) is 24.3 Å². The minimum Gasteiger partial charge on any atom is -0.300 e. The van der Waals surface area contributed by atoms with Gasteiger partial charge in [-0.25, -0.2) is 17.6 Å². The first kappa shape index (κ1) is 30.9. The van der Waals surface area contributed by atoms with Crippen LogP contribution in [0.1, 0.15) is 11.1 Å². The van der Waals surface area contributed by atoms with Gasteiger partial charge in [-0.05, 0) is 92.3 Å². The van der Waals surface area contributed by atoms with Crippen molar-refractivity contribution in [2.75, 3.05) is 0 Å². The van der Waals surface area contributed by atoms with E-state index < -0.39 is 46.7 Å². The molecule has 0 bridgehead atoms. The second-order valence-electron chi connectivity index (χ2n) is 11.0. The lowest BCUT2D eigenvalue weighted by atomic mass is 9.99. The number of benzene rings is 5. The minimum absolute atomic E-state index is 0.0267. The molecule has 48 heavy (non-hydrogen) atoms. The maximum atomic E-state index is 14.4. The standard InChI is InChI=1S/C35H13F10N3/c36-26-7-16(8-27(37)30(26)34(40,41)42)14-1-3-18-20-11-21-19-4-2-15(17-9-28(38)31(29(39)10-17)35(43,44)45)6-24(19)33(48-13-46)25(21)12-23(20)32(47)22(18)5-14/h1-12,47H/b47-32?,48-33+. The van der Waals surface area contributed by atoms with Crippen molar-refractivity contribution in [2.24, 2.45) is 4.99 Å². The van der Waals surface area contributed by atoms with Crippen molar-refractivity contribution in [3.05, 3.63) is 118 Å². The van der Waals surface area contributed by atoms with Gasteiger partial charge in [-0.3, -0.25) is 5.41 Å². The number of nitriles is 1. The molecule has 0 aromatic heterocycles. The molecule has 238 valence electrons. The molecule has 0 aliphatic heterocycles. The van der Waals surface area contributed by atoms with Crippen LogP contribution in [0.4, 0.5) is 43.9 Å². The Morgan fingerprint density at radius 1 is 0.479 bits per heavy atom. The van der Waals surface area contributed by atoms with Gasteiger partial charge in [0.05, 0.1) is 10.7 Å². The molecular formula is C35H13F10N3. The molecule has 3 nitrogen and oxygen atoms in total. The number of rotatable bonds is 2. The zero-order chi connectivity index (χ0) is 34.4. The predicted molar refractivity (Wildman–Crippen MR) is 157 cm³/mol. The average Bonchev–Trinajstić information content (AvgIpc) is 3.44. The monoisotopic (exact) mass is 665 g/mol. The van der Waals surface area contributed by atoms with Crippen molar-refractivity contribution < 1.29 is 43.9 Å². The van der Waals surface area contributed by atoms with E-state index in [9.17, 15) is 49.2 Å². The van der Waals surface area contributed by atoms with E-state index in [2.05, 4.69) is 4.99 Å². The smallest absolute Gasteiger partial charge is 0.300 e. The highest BCUT2D eigenvalue weighted by Crippen LogP contribution is 2.39. The number of hydrogen-bond acceptors (Lipinski definition) is 3. The third kappa shape index (κ3) is 4.66. The Bertz CT molecular complexity index is 2630. The van der Waals surface area contributed by atoms with Gasteiger partial charge >= 0.3 is 12.4 Å². The lowest BCUT2D eigenvalue weighted by Crippen LogP contribution is -2.11. The topological polar surface area (TPSA) is 60.0 Å². The van der Waals surface area contributed by atoms with Crippen molar-refractivity contribution in [2.45, 2.75) is 12.4 Å². The largest absolute Gasteiger partial charge is 0.422 e. The average molecular weight is 665 g/mol. The molecule has 0 radical (unpaired) electrons. The van der Waals surface area contributed by atoms with Crippen molar-refractivity contribution >= 4 is 43.1 Å². The fourth-order valence-corrected chi connectivity index (χ4v) is 6.25. The first-order chi connectivity index (χ1) is 22.6. The summed E-state index contributed by atoms with van der Waals surface area (Å²) >= 11 is 0. The van der Waals surface area contributed by atoms with Crippen molar-refractivity contribution in [3.8, 4) is 28.4 Å². The van der Waals surface area contributed by atoms with Crippen LogP contribution in [0.15, 0.2) is 77.8 Å². The van der Waals surface area contributed by atoms with Gasteiger partial charge < -0.3 is 0 Å². The number of hydrogen-bond donors (Lipinski definition) is 1. The maximum absolute atomic E-state index is 14.4. The number of nitrogens with zero attached hydrogens (tertiary/aromatic N) is 2. The van der Waals surface area contributed by atoms with E-state index in [0.29, 0.717) is 67.4 Å². The summed E-state index contributed by atoms with van der Waals surface area (Å²) in [5.41, 5.74) is -4.08. The van der Waals surface area contributed by atoms with E-state index >= 15 is 0 Å². The molecule has 0 saturated heterocycles. The summed E-state index contributed by atoms with van der Waals surface area (Å²) in [4.78, 5) is 3.92. The van der Waals surface area contributed by atoms with Crippen LogP contribution in [0.25, 0.3) is 65.3 Å². The summed E-state index contributed by atoms with van der Waals surface area (Å²) in [5.74, 6) is -7.16. The third-order valence-electron chi connectivity index (χ3n) is 8.31. The summed E-state index contributed by atoms with van der Waals surface area (Å²) in [7, 11) is 0. The maximum Gasteiger partial charge on any atom is 0.422 e. The van der Waals surface area contributed by atoms with Gasteiger partial charge in [0.1, 0.15) is 34.4 Å². The van der Waals surface area contributed by atoms with Crippen LogP contribution in [0.2, 0.25) is 0 Å². The van der Waals surface area contributed by atoms with E-state index in [-0.39, 0.29) is 33.0 Å². The van der Waals surface area contributed by atoms with E-state index in [1.165, 1.54) is 24.3 Å². The van der Waals surface area contributed by atoms with Crippen LogP contribution < -0.4 is 10.7 Å². The highest BCUT2D eigenvalue weighted by Gasteiger charge is 2.39. The Hall–Kier alpha value is -5.77. The van der Waals surface area contributed by atoms with Crippen LogP contribution in [0.5, 0.6) is 0 Å². The molecule has 0 atom stereocenters. The van der Waals surface area contributed by atoms with Crippen LogP contribution in [-0.4, -0.2) is 0 Å². The van der Waals surface area contributed by atoms with Gasteiger partial charge in [0.25, 0.3) is 0 Å². The van der Waals surface area contributed by atoms with Crippen LogP contribution >= 0.6 is 0 Å². The van der Waals surface area contributed by atoms with Gasteiger partial charge in [-0.2, -0.15) is 36.6 Å². The Labute approximate surface area is 261 Å². The van der Waals surface area contributed by atoms with E-state index in [0.717, 1.165) is 0 Å². The lowest BCUT2D eigenvalue weighted by Gasteiger charge is -2.11. The van der Waals surface area contributed by atoms with Gasteiger partial charge in [-0.15, -0.1) is 0 Å². The summed E-state index contributed by atoms with van der Waals surface area (Å²) in [5, 5.41) is 22.1. The summed E-state index contributed by atoms with van der Waals surface area (Å²) in [6, 6.07) is 14.4. The van der Waals surface area contributed by atoms with E-state index in [1.54, 1.807) is 30.5 Å². The fraction of sp³-hybridized carbons (Fsp3) is 0.0571. The lowest BCUT2D eigenvalue weighted by molar-refractivity contribution is -0.143. The zero-order valence-corrected chi connectivity index (χ0v) is 23.6. The van der Waals surface area contributed by atoms with Gasteiger partial charge in [0.15, 0.2) is 0 Å². The van der Waals surface area contributed by atoms with E-state index in [1.807, 2.05) is 0 Å². The van der Waals surface area contributed by atoms with Crippen molar-refractivity contribution in [1.82, 2.24) is 0 Å². The number of halogens is 10. The first-order valence-electron chi connectivity index (χ1n) is 13.8. The highest BCUT2D eigenvalue weighted by molar-refractivity contribution is 6.21. The molecule has 0 aliphatic rings. The number of alkyl halides is 6. The quantitative estimate of drug-likeness (QED) is 0.145. The summed E-state index contributed by atoms with van der Waals surface area (Å²) in [6.07, 6.45) is -8.79. The summed E-state index contributed by atoms with van der Waals surface area (Å²) < 4.78 is 136. The number of fused-ring (bicyclic) bond motifs is 6. The Morgan fingerprint density at radius 2 is 0.854 bits per heavy atom. The Kier molecular flexibility index (Phi) is 6.67. The van der Waals surface area contributed by atoms with Gasteiger partial charge in [0, 0.05) is 21.5 Å². The molecule has 7 aromatic rings. The molecule has 0 unspecified atom stereocenters. The first-order valence-corrected chi connectivity index (χ1v) is 13.8. The minimum atomic E-state index is -5.24. The molecule has 7 aromatic carbocycles. The molecular weight excluding hydrogens is 652 g/mol. The molecule has 13 heteroatoms. The SMILES string of the molecule is N#C/N=c1\c2cc(-c3cc(F)c(C(F)(F)F)c(F)c3)ccc2c2cc3c(cc12)c(=N)c1cc(-c2cc(F)c(C(F)(F)F)c(F)c2)ccc13. The van der Waals surface area contributed by atoms with Gasteiger partial charge in [0.2, 0.25) is 6.19 Å². The molecule has 0 spiro atoms. The van der Waals surface area contributed by atoms with Crippen molar-refractivity contribution in [1.29, 1.82) is 10.7 Å². The molecule has 0 fully saturated rings. The second kappa shape index (κ2) is 10.4.